The molecule has 2 nitrogen and oxygen atoms in total. The SMILES string of the molecule is CCCCCCCCNC(COC)C1CC1. The summed E-state index contributed by atoms with van der Waals surface area (Å²) in [5, 5.41) is 3.65. The molecule has 0 amide bonds. The second kappa shape index (κ2) is 9.00. The van der Waals surface area contributed by atoms with E-state index < -0.39 is 0 Å². The van der Waals surface area contributed by atoms with Crippen LogP contribution >= 0.6 is 0 Å². The van der Waals surface area contributed by atoms with Gasteiger partial charge in [-0.1, -0.05) is 39.0 Å². The third kappa shape index (κ3) is 6.49. The van der Waals surface area contributed by atoms with Crippen molar-refractivity contribution in [1.82, 2.24) is 5.32 Å². The molecule has 1 aliphatic carbocycles. The maximum atomic E-state index is 5.25. The summed E-state index contributed by atoms with van der Waals surface area (Å²) in [4.78, 5) is 0. The molecule has 0 aromatic rings. The third-order valence-electron chi connectivity index (χ3n) is 3.47. The Labute approximate surface area is 101 Å². The fourth-order valence-corrected chi connectivity index (χ4v) is 2.23. The van der Waals surface area contributed by atoms with Crippen LogP contribution in [0.1, 0.15) is 58.3 Å². The average Bonchev–Trinajstić information content (AvgIpc) is 3.10. The quantitative estimate of drug-likeness (QED) is 0.546. The van der Waals surface area contributed by atoms with Gasteiger partial charge in [0.1, 0.15) is 0 Å². The van der Waals surface area contributed by atoms with Gasteiger partial charge >= 0.3 is 0 Å². The highest BCUT2D eigenvalue weighted by molar-refractivity contribution is 4.86. The fourth-order valence-electron chi connectivity index (χ4n) is 2.23. The van der Waals surface area contributed by atoms with Gasteiger partial charge < -0.3 is 10.1 Å². The maximum Gasteiger partial charge on any atom is 0.0618 e. The molecule has 0 aromatic heterocycles. The zero-order valence-corrected chi connectivity index (χ0v) is 11.1. The summed E-state index contributed by atoms with van der Waals surface area (Å²) in [6.45, 7) is 4.34. The van der Waals surface area contributed by atoms with Crippen molar-refractivity contribution in [2.45, 2.75) is 64.3 Å². The molecule has 1 fully saturated rings. The molecule has 1 unspecified atom stereocenters. The Bertz CT molecular complexity index is 157. The summed E-state index contributed by atoms with van der Waals surface area (Å²) >= 11 is 0. The Morgan fingerprint density at radius 1 is 1.12 bits per heavy atom. The zero-order chi connectivity index (χ0) is 11.6. The van der Waals surface area contributed by atoms with Crippen LogP contribution in [-0.4, -0.2) is 26.3 Å². The van der Waals surface area contributed by atoms with Gasteiger partial charge in [0.15, 0.2) is 0 Å². The molecule has 0 radical (unpaired) electrons. The predicted molar refractivity (Wildman–Crippen MR) is 69.8 cm³/mol. The second-order valence-electron chi connectivity index (χ2n) is 5.12. The number of rotatable bonds is 11. The first-order chi connectivity index (χ1) is 7.88. The monoisotopic (exact) mass is 227 g/mol. The third-order valence-corrected chi connectivity index (χ3v) is 3.47. The lowest BCUT2D eigenvalue weighted by Gasteiger charge is -2.17. The van der Waals surface area contributed by atoms with Crippen LogP contribution in [0.3, 0.4) is 0 Å². The van der Waals surface area contributed by atoms with Gasteiger partial charge in [0.25, 0.3) is 0 Å². The van der Waals surface area contributed by atoms with Crippen molar-refractivity contribution in [1.29, 1.82) is 0 Å². The van der Waals surface area contributed by atoms with Crippen molar-refractivity contribution in [3.63, 3.8) is 0 Å². The minimum absolute atomic E-state index is 0.626. The van der Waals surface area contributed by atoms with Gasteiger partial charge in [-0.15, -0.1) is 0 Å². The second-order valence-corrected chi connectivity index (χ2v) is 5.12. The summed E-state index contributed by atoms with van der Waals surface area (Å²) in [5.74, 6) is 0.903. The average molecular weight is 227 g/mol. The molecule has 0 saturated heterocycles. The molecule has 1 aliphatic rings. The lowest BCUT2D eigenvalue weighted by molar-refractivity contribution is 0.157. The number of unbranched alkanes of at least 4 members (excludes halogenated alkanes) is 5. The van der Waals surface area contributed by atoms with E-state index in [1.54, 1.807) is 0 Å². The van der Waals surface area contributed by atoms with E-state index in [2.05, 4.69) is 12.2 Å². The van der Waals surface area contributed by atoms with Crippen molar-refractivity contribution in [2.75, 3.05) is 20.3 Å². The van der Waals surface area contributed by atoms with Gasteiger partial charge in [0.2, 0.25) is 0 Å². The minimum atomic E-state index is 0.626. The molecule has 1 saturated carbocycles. The molecular formula is C14H29NO. The largest absolute Gasteiger partial charge is 0.383 e. The van der Waals surface area contributed by atoms with Crippen molar-refractivity contribution in [3.8, 4) is 0 Å². The Morgan fingerprint density at radius 2 is 1.81 bits per heavy atom. The minimum Gasteiger partial charge on any atom is -0.383 e. The number of methoxy groups -OCH3 is 1. The number of nitrogens with one attached hydrogen (secondary N) is 1. The summed E-state index contributed by atoms with van der Waals surface area (Å²) in [6, 6.07) is 0.626. The number of hydrogen-bond acceptors (Lipinski definition) is 2. The number of hydrogen-bond donors (Lipinski definition) is 1. The van der Waals surface area contributed by atoms with Crippen LogP contribution in [0.4, 0.5) is 0 Å². The summed E-state index contributed by atoms with van der Waals surface area (Å²) in [5.41, 5.74) is 0. The summed E-state index contributed by atoms with van der Waals surface area (Å²) in [7, 11) is 1.81. The first kappa shape index (κ1) is 14.0. The Morgan fingerprint density at radius 3 is 2.44 bits per heavy atom. The van der Waals surface area contributed by atoms with Crippen molar-refractivity contribution < 1.29 is 4.74 Å². The van der Waals surface area contributed by atoms with Crippen LogP contribution < -0.4 is 5.32 Å². The van der Waals surface area contributed by atoms with Crippen LogP contribution in [0.15, 0.2) is 0 Å². The van der Waals surface area contributed by atoms with E-state index in [4.69, 9.17) is 4.74 Å². The molecule has 1 rings (SSSR count). The van der Waals surface area contributed by atoms with Crippen molar-refractivity contribution in [2.24, 2.45) is 5.92 Å². The molecular weight excluding hydrogens is 198 g/mol. The van der Waals surface area contributed by atoms with Gasteiger partial charge in [-0.3, -0.25) is 0 Å². The predicted octanol–water partition coefficient (Wildman–Crippen LogP) is 3.36. The van der Waals surface area contributed by atoms with Gasteiger partial charge in [-0.2, -0.15) is 0 Å². The standard InChI is InChI=1S/C14H29NO/c1-3-4-5-6-7-8-11-15-14(12-16-2)13-9-10-13/h13-15H,3-12H2,1-2H3. The van der Waals surface area contributed by atoms with E-state index in [1.165, 1.54) is 57.9 Å². The first-order valence-corrected chi connectivity index (χ1v) is 7.10. The smallest absolute Gasteiger partial charge is 0.0618 e. The van der Waals surface area contributed by atoms with Gasteiger partial charge in [0, 0.05) is 13.2 Å². The molecule has 1 N–H and O–H groups in total. The summed E-state index contributed by atoms with van der Waals surface area (Å²) < 4.78 is 5.25. The normalized spacial score (nSPS) is 17.6. The lowest BCUT2D eigenvalue weighted by Crippen LogP contribution is -2.35. The Hall–Kier alpha value is -0.0800. The van der Waals surface area contributed by atoms with E-state index >= 15 is 0 Å². The highest BCUT2D eigenvalue weighted by atomic mass is 16.5. The molecule has 0 aromatic carbocycles. The van der Waals surface area contributed by atoms with Crippen molar-refractivity contribution in [3.05, 3.63) is 0 Å². The van der Waals surface area contributed by atoms with Crippen LogP contribution in [0.25, 0.3) is 0 Å². The molecule has 0 spiro atoms. The van der Waals surface area contributed by atoms with Gasteiger partial charge in [-0.05, 0) is 31.7 Å². The number of ether oxygens (including phenoxy) is 1. The molecule has 0 aliphatic heterocycles. The molecule has 0 heterocycles. The van der Waals surface area contributed by atoms with E-state index in [1.807, 2.05) is 7.11 Å². The van der Waals surface area contributed by atoms with Crippen LogP contribution in [0.2, 0.25) is 0 Å². The lowest BCUT2D eigenvalue weighted by atomic mass is 10.1. The maximum absolute atomic E-state index is 5.25. The highest BCUT2D eigenvalue weighted by Crippen LogP contribution is 2.32. The van der Waals surface area contributed by atoms with Gasteiger partial charge in [-0.25, -0.2) is 0 Å². The zero-order valence-electron chi connectivity index (χ0n) is 11.1. The molecule has 2 heteroatoms. The molecule has 16 heavy (non-hydrogen) atoms. The molecule has 96 valence electrons. The van der Waals surface area contributed by atoms with Crippen LogP contribution in [0.5, 0.6) is 0 Å². The Balaban J connectivity index is 1.88. The van der Waals surface area contributed by atoms with E-state index in [0.717, 1.165) is 12.5 Å². The van der Waals surface area contributed by atoms with Crippen molar-refractivity contribution >= 4 is 0 Å². The van der Waals surface area contributed by atoms with E-state index in [9.17, 15) is 0 Å². The topological polar surface area (TPSA) is 21.3 Å². The van der Waals surface area contributed by atoms with Crippen LogP contribution in [-0.2, 0) is 4.74 Å². The molecule has 1 atom stereocenters. The highest BCUT2D eigenvalue weighted by Gasteiger charge is 2.30. The Kier molecular flexibility index (Phi) is 7.87. The van der Waals surface area contributed by atoms with Crippen LogP contribution in [0, 0.1) is 5.92 Å². The fraction of sp³-hybridized carbons (Fsp3) is 1.00. The van der Waals surface area contributed by atoms with E-state index in [0.29, 0.717) is 6.04 Å². The summed E-state index contributed by atoms with van der Waals surface area (Å²) in [6.07, 6.45) is 11.1. The van der Waals surface area contributed by atoms with Gasteiger partial charge in [0.05, 0.1) is 6.61 Å². The van der Waals surface area contributed by atoms with E-state index in [-0.39, 0.29) is 0 Å². The first-order valence-electron chi connectivity index (χ1n) is 7.10. The molecule has 0 bridgehead atoms.